The van der Waals surface area contributed by atoms with Gasteiger partial charge >= 0.3 is 0 Å². The van der Waals surface area contributed by atoms with Gasteiger partial charge in [0.1, 0.15) is 0 Å². The molecule has 0 spiro atoms. The second kappa shape index (κ2) is 57.7. The van der Waals surface area contributed by atoms with E-state index in [0.29, 0.717) is 95.8 Å². The first kappa shape index (κ1) is 108. The Hall–Kier alpha value is -17.1. The zero-order valence-electron chi connectivity index (χ0n) is 82.6. The molecule has 141 heavy (non-hydrogen) atoms. The fourth-order valence-corrected chi connectivity index (χ4v) is 13.1. The fraction of sp³-hybridized carbons (Fsp3) is 0.391. The number of furan rings is 1. The minimum absolute atomic E-state index is 0.110. The number of nitrogens with one attached hydrogen (secondary N) is 9. The number of allylic oxidation sites excluding steroid dienone is 21. The van der Waals surface area contributed by atoms with Crippen LogP contribution in [0.25, 0.3) is 0 Å². The molecule has 0 saturated heterocycles. The van der Waals surface area contributed by atoms with Crippen molar-refractivity contribution < 1.29 is 4.42 Å². The number of nitrogens with two attached hydrogens (primary N) is 9. The van der Waals surface area contributed by atoms with E-state index in [4.69, 9.17) is 56.0 Å². The van der Waals surface area contributed by atoms with Gasteiger partial charge in [-0.3, -0.25) is 0 Å². The van der Waals surface area contributed by atoms with Gasteiger partial charge in [0.2, 0.25) is 143 Å². The Bertz CT molecular complexity index is 5800. The summed E-state index contributed by atoms with van der Waals surface area (Å²) in [5, 5.41) is 27.2. The Morgan fingerprint density at radius 2 is 0.454 bits per heavy atom. The number of anilines is 24. The topological polar surface area (TPSA) is 684 Å². The molecule has 16 rings (SSSR count). The Morgan fingerprint density at radius 3 is 0.759 bits per heavy atom. The minimum atomic E-state index is 0.110. The monoisotopic (exact) mass is 1930 g/mol. The van der Waals surface area contributed by atoms with Crippen LogP contribution in [-0.4, -0.2) is 264 Å². The second-order valence-electron chi connectivity index (χ2n) is 32.3. The van der Waals surface area contributed by atoms with Crippen LogP contribution in [0.5, 0.6) is 0 Å². The molecular weight excluding hydrogens is 1790 g/mol. The Morgan fingerprint density at radius 1 is 0.241 bits per heavy atom. The van der Waals surface area contributed by atoms with E-state index in [0.717, 1.165) is 148 Å². The van der Waals surface area contributed by atoms with Gasteiger partial charge in [0.05, 0.1) is 12.5 Å². The summed E-state index contributed by atoms with van der Waals surface area (Å²) in [6, 6.07) is 1.90. The van der Waals surface area contributed by atoms with Crippen molar-refractivity contribution in [3.63, 3.8) is 0 Å². The van der Waals surface area contributed by atoms with E-state index in [2.05, 4.69) is 295 Å². The SMILES string of the molecule is CN(C)c1nc(N)nc(N(C)CCC2=CCC=C2)n1.CN(C)c1nc(NCCC2=CCC=C2)nc(N(C)C)n1.CN(CCC1=CCC=C1)c1nc(N)nc(N)n1.CNc1nc(N)nc(N(C)CCC2=CCC=C2)n1.CNc1nc(N)nc(NCCC2=CCC=C2)n1.CNc1nc(NC)nc(NCCC2=CCC=C2)n1.Nc1nc(N)nc(NCCC2=CCC=C2)n1.Nc1nc(N)nc(NCCc2ccoc2)n1. The molecule has 750 valence electrons. The third-order valence-corrected chi connectivity index (χ3v) is 20.5. The molecule has 0 unspecified atom stereocenters. The molecule has 49 nitrogen and oxygen atoms in total. The number of rotatable bonds is 39. The van der Waals surface area contributed by atoms with Gasteiger partial charge in [0.15, 0.2) is 0 Å². The maximum absolute atomic E-state index is 5.72. The Kier molecular flexibility index (Phi) is 44.0. The molecule has 0 radical (unpaired) electrons. The molecule has 27 N–H and O–H groups in total. The summed E-state index contributed by atoms with van der Waals surface area (Å²) in [6.07, 6.45) is 63.9. The number of hydrogen-bond acceptors (Lipinski definition) is 49. The average Bonchev–Trinajstić information content (AvgIpc) is 1.85. The van der Waals surface area contributed by atoms with Crippen molar-refractivity contribution in [2.75, 3.05) is 273 Å². The predicted molar refractivity (Wildman–Crippen MR) is 569 cm³/mol. The molecule has 0 fully saturated rings. The van der Waals surface area contributed by atoms with Gasteiger partial charge in [-0.05, 0) is 108 Å². The zero-order chi connectivity index (χ0) is 101. The molecule has 0 saturated carbocycles. The van der Waals surface area contributed by atoms with E-state index in [1.54, 1.807) is 40.7 Å². The van der Waals surface area contributed by atoms with E-state index in [9.17, 15) is 0 Å². The van der Waals surface area contributed by atoms with Gasteiger partial charge in [-0.2, -0.15) is 120 Å². The van der Waals surface area contributed by atoms with Gasteiger partial charge < -0.3 is 133 Å². The van der Waals surface area contributed by atoms with Crippen LogP contribution in [0, 0.1) is 0 Å². The van der Waals surface area contributed by atoms with E-state index in [1.165, 1.54) is 39.0 Å². The number of nitrogens with zero attached hydrogens (tertiary/aromatic N) is 30. The summed E-state index contributed by atoms with van der Waals surface area (Å²) in [4.78, 5) is 109. The highest BCUT2D eigenvalue weighted by Gasteiger charge is 2.17. The average molecular weight is 1930 g/mol. The third kappa shape index (κ3) is 40.0. The summed E-state index contributed by atoms with van der Waals surface area (Å²) < 4.78 is 4.95. The van der Waals surface area contributed by atoms with Crippen LogP contribution >= 0.6 is 0 Å². The van der Waals surface area contributed by atoms with E-state index in [-0.39, 0.29) is 53.5 Å². The second-order valence-corrected chi connectivity index (χ2v) is 32.3. The summed E-state index contributed by atoms with van der Waals surface area (Å²) in [5.41, 5.74) is 60.3. The molecule has 7 aliphatic carbocycles. The Balaban J connectivity index is 0.000000180. The van der Waals surface area contributed by atoms with E-state index < -0.39 is 0 Å². The fourth-order valence-electron chi connectivity index (χ4n) is 13.1. The maximum atomic E-state index is 5.72. The van der Waals surface area contributed by atoms with Crippen LogP contribution in [0.4, 0.5) is 143 Å². The van der Waals surface area contributed by atoms with Crippen molar-refractivity contribution in [1.82, 2.24) is 120 Å². The van der Waals surface area contributed by atoms with Crippen molar-refractivity contribution in [1.29, 1.82) is 0 Å². The normalized spacial score (nSPS) is 13.2. The van der Waals surface area contributed by atoms with Gasteiger partial charge in [-0.1, -0.05) is 167 Å². The molecule has 0 aliphatic heterocycles. The van der Waals surface area contributed by atoms with Gasteiger partial charge in [0.25, 0.3) is 0 Å². The van der Waals surface area contributed by atoms with Gasteiger partial charge in [-0.15, -0.1) is 0 Å². The van der Waals surface area contributed by atoms with E-state index in [1.807, 2.05) is 98.9 Å². The molecule has 0 bridgehead atoms. The van der Waals surface area contributed by atoms with Crippen LogP contribution in [0.15, 0.2) is 190 Å². The van der Waals surface area contributed by atoms with Crippen LogP contribution in [0.3, 0.4) is 0 Å². The van der Waals surface area contributed by atoms with Crippen LogP contribution in [0.1, 0.15) is 95.5 Å². The van der Waals surface area contributed by atoms with Gasteiger partial charge in [-0.25, -0.2) is 0 Å². The van der Waals surface area contributed by atoms with E-state index >= 15 is 0 Å². The lowest BCUT2D eigenvalue weighted by Gasteiger charge is -2.19. The highest BCUT2D eigenvalue weighted by molar-refractivity contribution is 5.50. The van der Waals surface area contributed by atoms with Crippen molar-refractivity contribution in [2.45, 2.75) is 96.3 Å². The first-order valence-electron chi connectivity index (χ1n) is 46.0. The molecule has 9 heterocycles. The molecule has 9 aromatic rings. The predicted octanol–water partition coefficient (Wildman–Crippen LogP) is 8.72. The minimum Gasteiger partial charge on any atom is -0.472 e. The molecular formula is C92H136N48O. The third-order valence-electron chi connectivity index (χ3n) is 20.5. The number of aromatic nitrogens is 24. The molecule has 0 amide bonds. The van der Waals surface area contributed by atoms with Crippen molar-refractivity contribution in [2.24, 2.45) is 0 Å². The lowest BCUT2D eigenvalue weighted by molar-refractivity contribution is 0.564. The number of hydrogen-bond donors (Lipinski definition) is 18. The lowest BCUT2D eigenvalue weighted by Crippen LogP contribution is -2.24. The molecule has 0 aromatic carbocycles. The molecule has 49 heteroatoms. The molecule has 7 aliphatic rings. The summed E-state index contributed by atoms with van der Waals surface area (Å²) in [7, 11) is 24.4. The quantitative estimate of drug-likeness (QED) is 0.0171. The van der Waals surface area contributed by atoms with Crippen molar-refractivity contribution in [3.8, 4) is 0 Å². The van der Waals surface area contributed by atoms with Gasteiger partial charge in [0, 0.05) is 144 Å². The highest BCUT2D eigenvalue weighted by Crippen LogP contribution is 2.24. The standard InChI is InChI=1S/C14H22N6.C13H20N6.2C12H18N6.2C11H16N6.C10H14N6.C9H12N6O/c1-19(2)13-16-12(17-14(18-13)20(3)4)15-10-9-11-7-5-6-8-11;1-18(2)12-15-11(14)16-13(17-12)19(3)9-8-10-6-4-5-7-10;1-14-11-15-10(13)16-12(17-11)18(2)8-7-9-5-3-4-6-9;1-13-10-16-11(14-2)18-12(17-10)15-8-7-9-5-3-4-6-9;1-17(7-6-8-4-2-3-5-8)11-15-9(12)14-10(13)16-11;1-13-10-15-9(12)16-11(17-10)14-7-6-8-4-2-3-5-8;11-8-14-9(12)16-10(15-8)13-6-5-7-3-1-2-4-7;10-7-13-8(11)15-9(14-7)12-3-1-6-2-4-16-5-6/h5,7-8H,6,9-10H2,1-4H3,(H,15,16,17,18);4,6-7H,5,8-9H2,1-3H3,(H2,14,15,16,17);3,5-6H,4,7-8H2,1-2H3,(H3,13,14,15,16,17);3,5-6H,4,7-8H2,1-2H3,(H3,13,14,15,16,17,18);2,4-5H,3,6-7H2,1H3,(H4,12,13,14,15,16);2,4-5H,3,6-7H2,1H3,(H4,12,13,14,15,16,17);1,3-4H,2,5-6H2,(H5,11,12,13,14,15,16);2,4-5H,1,3H2,(H5,10,11,12,13,14,15). The summed E-state index contributed by atoms with van der Waals surface area (Å²) in [5.74, 6) is 9.68. The summed E-state index contributed by atoms with van der Waals surface area (Å²) >= 11 is 0. The highest BCUT2D eigenvalue weighted by atomic mass is 16.3. The molecule has 9 aromatic heterocycles. The maximum Gasteiger partial charge on any atom is 0.231 e. The van der Waals surface area contributed by atoms with Crippen molar-refractivity contribution >= 4 is 143 Å². The smallest absolute Gasteiger partial charge is 0.231 e. The van der Waals surface area contributed by atoms with Crippen LogP contribution < -0.4 is 129 Å². The number of nitrogen functional groups attached to an aromatic ring is 9. The first-order valence-corrected chi connectivity index (χ1v) is 46.0. The lowest BCUT2D eigenvalue weighted by atomic mass is 10.2. The largest absolute Gasteiger partial charge is 0.472 e. The van der Waals surface area contributed by atoms with Crippen LogP contribution in [0.2, 0.25) is 0 Å². The molecule has 0 atom stereocenters. The van der Waals surface area contributed by atoms with Crippen molar-refractivity contribution in [3.05, 3.63) is 191 Å². The first-order chi connectivity index (χ1) is 68.0. The zero-order valence-corrected chi connectivity index (χ0v) is 82.6. The Labute approximate surface area is 822 Å². The van der Waals surface area contributed by atoms with Crippen LogP contribution in [-0.2, 0) is 6.42 Å². The summed E-state index contributed by atoms with van der Waals surface area (Å²) in [6.45, 7) is 6.35.